The number of rotatable bonds is 9. The van der Waals surface area contributed by atoms with E-state index in [1.165, 1.54) is 29.7 Å². The summed E-state index contributed by atoms with van der Waals surface area (Å²) in [7, 11) is -0.127. The molecule has 7 nitrogen and oxygen atoms in total. The van der Waals surface area contributed by atoms with Crippen molar-refractivity contribution in [1.82, 2.24) is 14.9 Å². The van der Waals surface area contributed by atoms with Crippen molar-refractivity contribution in [2.24, 2.45) is 0 Å². The molecule has 0 aliphatic heterocycles. The average Bonchev–Trinajstić information content (AvgIpc) is 2.86. The van der Waals surface area contributed by atoms with Crippen LogP contribution >= 0.6 is 11.6 Å². The van der Waals surface area contributed by atoms with Crippen LogP contribution in [-0.2, 0) is 16.4 Å². The Morgan fingerprint density at radius 3 is 2.68 bits per heavy atom. The lowest BCUT2D eigenvalue weighted by Gasteiger charge is -2.41. The first-order chi connectivity index (χ1) is 17.7. The van der Waals surface area contributed by atoms with Gasteiger partial charge >= 0.3 is 0 Å². The molecule has 0 bridgehead atoms. The average molecular weight is 546 g/mol. The maximum atomic E-state index is 15.1. The quantitative estimate of drug-likeness (QED) is 0.358. The van der Waals surface area contributed by atoms with Crippen molar-refractivity contribution in [3.05, 3.63) is 77.0 Å². The molecule has 1 aliphatic rings. The highest BCUT2D eigenvalue weighted by atomic mass is 35.5. The molecule has 0 spiro atoms. The Balaban J connectivity index is 1.51. The van der Waals surface area contributed by atoms with Crippen LogP contribution in [0.3, 0.4) is 0 Å². The molecular formula is C27H33ClFN5O2S. The Hall–Kier alpha value is -2.75. The van der Waals surface area contributed by atoms with Gasteiger partial charge in [0.25, 0.3) is 10.0 Å². The van der Waals surface area contributed by atoms with Crippen LogP contribution in [0.15, 0.2) is 59.9 Å². The molecule has 198 valence electrons. The van der Waals surface area contributed by atoms with Crippen LogP contribution in [0.1, 0.15) is 49.7 Å². The second kappa shape index (κ2) is 11.8. The summed E-state index contributed by atoms with van der Waals surface area (Å²) in [5.74, 6) is -0.412. The zero-order chi connectivity index (χ0) is 26.6. The normalized spacial score (nSPS) is 20.1. The molecular weight excluding hydrogens is 513 g/mol. The van der Waals surface area contributed by atoms with Crippen molar-refractivity contribution < 1.29 is 12.8 Å². The first kappa shape index (κ1) is 27.3. The Bertz CT molecular complexity index is 1320. The second-order valence-electron chi connectivity index (χ2n) is 9.75. The highest BCUT2D eigenvalue weighted by molar-refractivity contribution is 7.92. The zero-order valence-corrected chi connectivity index (χ0v) is 22.9. The van der Waals surface area contributed by atoms with Gasteiger partial charge in [-0.3, -0.25) is 4.72 Å². The summed E-state index contributed by atoms with van der Waals surface area (Å²) in [6, 6.07) is 12.8. The van der Waals surface area contributed by atoms with Crippen molar-refractivity contribution in [1.29, 1.82) is 0 Å². The van der Waals surface area contributed by atoms with E-state index in [9.17, 15) is 8.42 Å². The van der Waals surface area contributed by atoms with Crippen molar-refractivity contribution in [3.8, 4) is 0 Å². The van der Waals surface area contributed by atoms with Crippen LogP contribution in [-0.4, -0.2) is 49.5 Å². The molecule has 1 aromatic heterocycles. The number of anilines is 2. The van der Waals surface area contributed by atoms with Crippen LogP contribution in [0.5, 0.6) is 0 Å². The van der Waals surface area contributed by atoms with Gasteiger partial charge in [0.15, 0.2) is 0 Å². The number of likely N-dealkylation sites (N-methyl/N-ethyl adjacent to an activating group) is 1. The second-order valence-corrected chi connectivity index (χ2v) is 11.8. The molecule has 1 aliphatic carbocycles. The fraction of sp³-hybridized carbons (Fsp3) is 0.407. The monoisotopic (exact) mass is 545 g/mol. The van der Waals surface area contributed by atoms with Gasteiger partial charge in [0.2, 0.25) is 0 Å². The highest BCUT2D eigenvalue weighted by Gasteiger charge is 2.33. The number of halogens is 2. The minimum atomic E-state index is -4.22. The molecule has 0 amide bonds. The lowest BCUT2D eigenvalue weighted by atomic mass is 9.77. The van der Waals surface area contributed by atoms with E-state index in [4.69, 9.17) is 11.6 Å². The number of hydrogen-bond acceptors (Lipinski definition) is 6. The largest absolute Gasteiger partial charge is 0.379 e. The van der Waals surface area contributed by atoms with Gasteiger partial charge in [0.05, 0.1) is 10.7 Å². The molecule has 2 aromatic carbocycles. The van der Waals surface area contributed by atoms with Crippen molar-refractivity contribution in [2.75, 3.05) is 24.1 Å². The summed E-state index contributed by atoms with van der Waals surface area (Å²) in [6.45, 7) is 2.19. The third kappa shape index (κ3) is 6.58. The molecule has 2 N–H and O–H groups in total. The van der Waals surface area contributed by atoms with Gasteiger partial charge in [-0.2, -0.15) is 0 Å². The number of nitrogens with one attached hydrogen (secondary N) is 2. The van der Waals surface area contributed by atoms with E-state index in [1.807, 2.05) is 14.1 Å². The summed E-state index contributed by atoms with van der Waals surface area (Å²) in [5, 5.41) is 3.54. The highest BCUT2D eigenvalue weighted by Crippen LogP contribution is 2.38. The number of hydrogen-bond donors (Lipinski definition) is 2. The van der Waals surface area contributed by atoms with E-state index in [2.05, 4.69) is 56.1 Å². The van der Waals surface area contributed by atoms with Crippen LogP contribution in [0.4, 0.5) is 15.9 Å². The molecule has 0 saturated heterocycles. The molecule has 0 unspecified atom stereocenters. The smallest absolute Gasteiger partial charge is 0.266 e. The number of sulfonamides is 1. The van der Waals surface area contributed by atoms with Gasteiger partial charge in [-0.15, -0.1) is 0 Å². The van der Waals surface area contributed by atoms with Crippen molar-refractivity contribution >= 4 is 33.1 Å². The number of aryl methyl sites for hydroxylation is 1. The lowest BCUT2D eigenvalue weighted by molar-refractivity contribution is 0.196. The van der Waals surface area contributed by atoms with Crippen molar-refractivity contribution in [3.63, 3.8) is 0 Å². The molecule has 3 atom stereocenters. The van der Waals surface area contributed by atoms with Gasteiger partial charge in [0.1, 0.15) is 22.9 Å². The lowest BCUT2D eigenvalue weighted by Crippen LogP contribution is -2.47. The maximum Gasteiger partial charge on any atom is 0.266 e. The van der Waals surface area contributed by atoms with E-state index in [0.717, 1.165) is 44.2 Å². The molecule has 3 aromatic rings. The van der Waals surface area contributed by atoms with Crippen LogP contribution in [0.25, 0.3) is 0 Å². The van der Waals surface area contributed by atoms with Gasteiger partial charge in [0, 0.05) is 18.3 Å². The number of benzene rings is 2. The van der Waals surface area contributed by atoms with Gasteiger partial charge in [-0.25, -0.2) is 22.8 Å². The SMILES string of the molecule is CCCc1cccc([C@H]2CC[C@H](Nc3cc(F)c(S(=O)(=O)Nc4ccncn4)cc3Cl)[C@@H](N(C)C)C2)c1. The predicted octanol–water partition coefficient (Wildman–Crippen LogP) is 5.70. The van der Waals surface area contributed by atoms with Crippen LogP contribution in [0, 0.1) is 5.82 Å². The van der Waals surface area contributed by atoms with Crippen LogP contribution in [0.2, 0.25) is 5.02 Å². The van der Waals surface area contributed by atoms with E-state index in [1.54, 1.807) is 0 Å². The molecule has 1 saturated carbocycles. The first-order valence-electron chi connectivity index (χ1n) is 12.5. The minimum Gasteiger partial charge on any atom is -0.379 e. The first-order valence-corrected chi connectivity index (χ1v) is 14.3. The molecule has 0 radical (unpaired) electrons. The molecule has 10 heteroatoms. The van der Waals surface area contributed by atoms with E-state index < -0.39 is 20.7 Å². The summed E-state index contributed by atoms with van der Waals surface area (Å²) >= 11 is 6.47. The Morgan fingerprint density at radius 1 is 1.16 bits per heavy atom. The summed E-state index contributed by atoms with van der Waals surface area (Å²) < 4.78 is 42.8. The molecule has 1 fully saturated rings. The maximum absolute atomic E-state index is 15.1. The van der Waals surface area contributed by atoms with Crippen LogP contribution < -0.4 is 10.0 Å². The zero-order valence-electron chi connectivity index (χ0n) is 21.3. The third-order valence-electron chi connectivity index (χ3n) is 6.91. The molecule has 4 rings (SSSR count). The molecule has 37 heavy (non-hydrogen) atoms. The summed E-state index contributed by atoms with van der Waals surface area (Å²) in [6.07, 6.45) is 7.60. The Morgan fingerprint density at radius 2 is 1.97 bits per heavy atom. The predicted molar refractivity (Wildman–Crippen MR) is 146 cm³/mol. The van der Waals surface area contributed by atoms with Crippen molar-refractivity contribution in [2.45, 2.75) is 61.9 Å². The standard InChI is InChI=1S/C27H33ClFN5O2S/c1-4-6-18-7-5-8-19(13-18)20-9-10-23(25(14-20)34(2)3)32-24-16-22(29)26(15-21(24)28)37(35,36)33-27-11-12-30-17-31-27/h5,7-8,11-13,15-17,20,23,25,32H,4,6,9-10,14H2,1-3H3,(H,30,31,33)/t20-,23-,25-/m0/s1. The van der Waals surface area contributed by atoms with E-state index >= 15 is 4.39 Å². The minimum absolute atomic E-state index is 0.0311. The van der Waals surface area contributed by atoms with Gasteiger partial charge in [-0.05, 0) is 75.0 Å². The fourth-order valence-corrected chi connectivity index (χ4v) is 6.45. The third-order valence-corrected chi connectivity index (χ3v) is 8.60. The fourth-order valence-electron chi connectivity index (χ4n) is 5.07. The van der Waals surface area contributed by atoms with E-state index in [-0.39, 0.29) is 22.9 Å². The Labute approximate surface area is 223 Å². The van der Waals surface area contributed by atoms with Gasteiger partial charge < -0.3 is 10.2 Å². The number of nitrogens with zero attached hydrogens (tertiary/aromatic N) is 3. The summed E-state index contributed by atoms with van der Waals surface area (Å²) in [4.78, 5) is 9.22. The topological polar surface area (TPSA) is 87.2 Å². The number of aromatic nitrogens is 2. The molecule has 1 heterocycles. The summed E-state index contributed by atoms with van der Waals surface area (Å²) in [5.41, 5.74) is 3.11. The Kier molecular flexibility index (Phi) is 8.67. The van der Waals surface area contributed by atoms with E-state index in [0.29, 0.717) is 11.6 Å². The van der Waals surface area contributed by atoms with Gasteiger partial charge in [-0.1, -0.05) is 49.2 Å².